The Hall–Kier alpha value is -1.55. The molecule has 0 saturated carbocycles. The molecule has 0 saturated heterocycles. The van der Waals surface area contributed by atoms with Crippen molar-refractivity contribution < 1.29 is 9.22 Å². The van der Waals surface area contributed by atoms with Crippen molar-refractivity contribution >= 4 is 19.9 Å². The molecule has 0 heterocycles. The molecule has 0 aliphatic rings. The largest absolute Gasteiger partial charge is 0.547 e. The quantitative estimate of drug-likeness (QED) is 0.511. The fraction of sp³-hybridized carbons (Fsp3) is 0.357. The van der Waals surface area contributed by atoms with Crippen LogP contribution in [0.2, 0.25) is 19.6 Å². The summed E-state index contributed by atoms with van der Waals surface area (Å²) >= 11 is 0. The number of hydrogen-bond donors (Lipinski definition) is 1. The zero-order valence-electron chi connectivity index (χ0n) is 11.7. The number of aryl methyl sites for hydroxylation is 1. The van der Waals surface area contributed by atoms with E-state index < -0.39 is 8.32 Å². The van der Waals surface area contributed by atoms with Crippen LogP contribution in [0.5, 0.6) is 0 Å². The molecule has 0 aliphatic heterocycles. The second-order valence-corrected chi connectivity index (χ2v) is 9.70. The zero-order valence-corrected chi connectivity index (χ0v) is 12.7. The Bertz CT molecular complexity index is 461. The van der Waals surface area contributed by atoms with E-state index in [2.05, 4.69) is 25.0 Å². The molecular formula is C14H21NO2Si. The number of anilines is 1. The molecule has 1 aromatic carbocycles. The highest BCUT2D eigenvalue weighted by atomic mass is 28.4. The fourth-order valence-corrected chi connectivity index (χ4v) is 2.60. The lowest BCUT2D eigenvalue weighted by molar-refractivity contribution is -0.112. The highest BCUT2D eigenvalue weighted by Gasteiger charge is 2.16. The van der Waals surface area contributed by atoms with Crippen molar-refractivity contribution in [2.45, 2.75) is 33.5 Å². The zero-order chi connectivity index (χ0) is 13.8. The summed E-state index contributed by atoms with van der Waals surface area (Å²) in [6.45, 7) is 10.0. The summed E-state index contributed by atoms with van der Waals surface area (Å²) in [7, 11) is -1.64. The molecule has 18 heavy (non-hydrogen) atoms. The minimum Gasteiger partial charge on any atom is -0.547 e. The maximum Gasteiger partial charge on any atom is 0.251 e. The molecule has 0 spiro atoms. The highest BCUT2D eigenvalue weighted by Crippen LogP contribution is 2.14. The van der Waals surface area contributed by atoms with Crippen LogP contribution in [0.3, 0.4) is 0 Å². The van der Waals surface area contributed by atoms with Crippen molar-refractivity contribution in [1.29, 1.82) is 0 Å². The van der Waals surface area contributed by atoms with Gasteiger partial charge in [0.25, 0.3) is 5.91 Å². The lowest BCUT2D eigenvalue weighted by Gasteiger charge is -2.19. The number of para-hydroxylation sites is 1. The van der Waals surface area contributed by atoms with E-state index in [4.69, 9.17) is 4.43 Å². The van der Waals surface area contributed by atoms with E-state index in [1.807, 2.05) is 38.1 Å². The normalized spacial score (nSPS) is 12.2. The number of nitrogens with one attached hydrogen (secondary N) is 1. The summed E-state index contributed by atoms with van der Waals surface area (Å²) in [5, 5.41) is 2.85. The van der Waals surface area contributed by atoms with Gasteiger partial charge < -0.3 is 9.74 Å². The SMILES string of the molecule is C/C(=C/C(=O)Nc1ccccc1C)O[Si](C)(C)C. The van der Waals surface area contributed by atoms with Crippen molar-refractivity contribution in [2.24, 2.45) is 0 Å². The van der Waals surface area contributed by atoms with E-state index >= 15 is 0 Å². The van der Waals surface area contributed by atoms with Gasteiger partial charge in [-0.2, -0.15) is 0 Å². The molecule has 0 radical (unpaired) electrons. The number of hydrogen-bond acceptors (Lipinski definition) is 2. The molecule has 1 aromatic rings. The van der Waals surface area contributed by atoms with Crippen LogP contribution in [0.1, 0.15) is 12.5 Å². The second kappa shape index (κ2) is 5.86. The first kappa shape index (κ1) is 14.5. The molecule has 0 aliphatic carbocycles. The maximum absolute atomic E-state index is 11.8. The average Bonchev–Trinajstić information content (AvgIpc) is 2.18. The standard InChI is InChI=1S/C14H21NO2Si/c1-11-8-6-7-9-13(11)15-14(16)10-12(2)17-18(3,4)5/h6-10H,1-5H3,(H,15,16)/b12-10-. The molecule has 98 valence electrons. The predicted octanol–water partition coefficient (Wildman–Crippen LogP) is 3.69. The van der Waals surface area contributed by atoms with E-state index in [9.17, 15) is 4.79 Å². The monoisotopic (exact) mass is 263 g/mol. The van der Waals surface area contributed by atoms with Gasteiger partial charge in [-0.3, -0.25) is 4.79 Å². The van der Waals surface area contributed by atoms with Crippen molar-refractivity contribution in [3.05, 3.63) is 41.7 Å². The minimum absolute atomic E-state index is 0.153. The summed E-state index contributed by atoms with van der Waals surface area (Å²) in [4.78, 5) is 11.8. The maximum atomic E-state index is 11.8. The number of amides is 1. The van der Waals surface area contributed by atoms with Gasteiger partial charge in [-0.05, 0) is 45.1 Å². The molecule has 0 fully saturated rings. The van der Waals surface area contributed by atoms with Crippen molar-refractivity contribution in [3.63, 3.8) is 0 Å². The minimum atomic E-state index is -1.64. The van der Waals surface area contributed by atoms with Gasteiger partial charge in [0.15, 0.2) is 0 Å². The summed E-state index contributed by atoms with van der Waals surface area (Å²) in [6, 6.07) is 7.69. The predicted molar refractivity (Wildman–Crippen MR) is 78.0 cm³/mol. The summed E-state index contributed by atoms with van der Waals surface area (Å²) in [5.41, 5.74) is 1.88. The summed E-state index contributed by atoms with van der Waals surface area (Å²) in [6.07, 6.45) is 1.50. The van der Waals surface area contributed by atoms with Crippen LogP contribution in [0.15, 0.2) is 36.1 Å². The van der Waals surface area contributed by atoms with Gasteiger partial charge in [-0.25, -0.2) is 0 Å². The molecule has 1 N–H and O–H groups in total. The van der Waals surface area contributed by atoms with Crippen LogP contribution in [0, 0.1) is 6.92 Å². The molecule has 0 atom stereocenters. The third-order valence-corrected chi connectivity index (χ3v) is 3.14. The van der Waals surface area contributed by atoms with Gasteiger partial charge in [0.2, 0.25) is 8.32 Å². The molecule has 4 heteroatoms. The Balaban J connectivity index is 2.67. The van der Waals surface area contributed by atoms with E-state index in [0.717, 1.165) is 11.3 Å². The van der Waals surface area contributed by atoms with Crippen LogP contribution < -0.4 is 5.32 Å². The smallest absolute Gasteiger partial charge is 0.251 e. The van der Waals surface area contributed by atoms with Gasteiger partial charge in [0, 0.05) is 11.8 Å². The van der Waals surface area contributed by atoms with Crippen LogP contribution in [-0.2, 0) is 9.22 Å². The van der Waals surface area contributed by atoms with Gasteiger partial charge in [-0.1, -0.05) is 18.2 Å². The van der Waals surface area contributed by atoms with E-state index in [-0.39, 0.29) is 5.91 Å². The molecular weight excluding hydrogens is 242 g/mol. The van der Waals surface area contributed by atoms with Gasteiger partial charge in [-0.15, -0.1) is 0 Å². The fourth-order valence-electron chi connectivity index (χ4n) is 1.58. The molecule has 0 unspecified atom stereocenters. The Morgan fingerprint density at radius 3 is 2.44 bits per heavy atom. The number of benzene rings is 1. The molecule has 1 amide bonds. The first-order valence-electron chi connectivity index (χ1n) is 6.02. The first-order valence-corrected chi connectivity index (χ1v) is 9.43. The van der Waals surface area contributed by atoms with Crippen molar-refractivity contribution in [2.75, 3.05) is 5.32 Å². The van der Waals surface area contributed by atoms with E-state index in [0.29, 0.717) is 5.76 Å². The lowest BCUT2D eigenvalue weighted by Crippen LogP contribution is -2.24. The summed E-state index contributed by atoms with van der Waals surface area (Å²) < 4.78 is 5.72. The Morgan fingerprint density at radius 2 is 1.89 bits per heavy atom. The van der Waals surface area contributed by atoms with Crippen LogP contribution in [-0.4, -0.2) is 14.2 Å². The van der Waals surface area contributed by atoms with Gasteiger partial charge in [0.05, 0.1) is 5.76 Å². The summed E-state index contributed by atoms with van der Waals surface area (Å²) in [5.74, 6) is 0.514. The third-order valence-electron chi connectivity index (χ3n) is 2.20. The number of carbonyl (C=O) groups is 1. The number of allylic oxidation sites excluding steroid dienone is 1. The molecule has 0 bridgehead atoms. The Kier molecular flexibility index (Phi) is 4.73. The van der Waals surface area contributed by atoms with Crippen LogP contribution >= 0.6 is 0 Å². The van der Waals surface area contributed by atoms with Gasteiger partial charge >= 0.3 is 0 Å². The van der Waals surface area contributed by atoms with Crippen LogP contribution in [0.25, 0.3) is 0 Å². The topological polar surface area (TPSA) is 38.3 Å². The number of rotatable bonds is 4. The van der Waals surface area contributed by atoms with Crippen LogP contribution in [0.4, 0.5) is 5.69 Å². The first-order chi connectivity index (χ1) is 8.28. The van der Waals surface area contributed by atoms with E-state index in [1.54, 1.807) is 0 Å². The van der Waals surface area contributed by atoms with Crippen molar-refractivity contribution in [3.8, 4) is 0 Å². The molecule has 0 aromatic heterocycles. The highest BCUT2D eigenvalue weighted by molar-refractivity contribution is 6.70. The Morgan fingerprint density at radius 1 is 1.28 bits per heavy atom. The third kappa shape index (κ3) is 5.18. The second-order valence-electron chi connectivity index (χ2n) is 5.27. The molecule has 1 rings (SSSR count). The van der Waals surface area contributed by atoms with Crippen molar-refractivity contribution in [1.82, 2.24) is 0 Å². The lowest BCUT2D eigenvalue weighted by atomic mass is 10.2. The average molecular weight is 263 g/mol. The van der Waals surface area contributed by atoms with E-state index in [1.165, 1.54) is 6.08 Å². The Labute approximate surface area is 110 Å². The number of carbonyl (C=O) groups excluding carboxylic acids is 1. The molecule has 3 nitrogen and oxygen atoms in total. The van der Waals surface area contributed by atoms with Gasteiger partial charge in [0.1, 0.15) is 0 Å².